The lowest BCUT2D eigenvalue weighted by Crippen LogP contribution is -2.50. The third-order valence-corrected chi connectivity index (χ3v) is 8.71. The first-order chi connectivity index (χ1) is 23.7. The SMILES string of the molecule is COc1ccc(COC(c2ccccc2)(c2ccc(OC)cc2)C2OC(n3cnc4c(=O)[nH]c(NC(=O)C(C)C)nc43)C(OC)C2O)cc1. The molecule has 5 atom stereocenters. The number of hydrogen-bond acceptors (Lipinski definition) is 10. The summed E-state index contributed by atoms with van der Waals surface area (Å²) in [6.07, 6.45) is -2.88. The zero-order valence-corrected chi connectivity index (χ0v) is 27.8. The Balaban J connectivity index is 1.48. The van der Waals surface area contributed by atoms with Crippen LogP contribution in [-0.4, -0.2) is 70.2 Å². The minimum Gasteiger partial charge on any atom is -0.497 e. The summed E-state index contributed by atoms with van der Waals surface area (Å²) in [5.74, 6) is 0.641. The molecule has 3 N–H and O–H groups in total. The number of benzene rings is 3. The van der Waals surface area contributed by atoms with Gasteiger partial charge in [-0.3, -0.25) is 24.5 Å². The summed E-state index contributed by atoms with van der Waals surface area (Å²) in [7, 11) is 4.66. The van der Waals surface area contributed by atoms with Crippen molar-refractivity contribution in [2.75, 3.05) is 26.6 Å². The number of fused-ring (bicyclic) bond motifs is 1. The fraction of sp³-hybridized carbons (Fsp3) is 0.333. The van der Waals surface area contributed by atoms with Crippen molar-refractivity contribution >= 4 is 23.0 Å². The highest BCUT2D eigenvalue weighted by Gasteiger charge is 2.57. The number of amides is 1. The number of nitrogens with zero attached hydrogens (tertiary/aromatic N) is 3. The van der Waals surface area contributed by atoms with Crippen LogP contribution in [-0.2, 0) is 31.2 Å². The Morgan fingerprint density at radius 1 is 0.980 bits per heavy atom. The van der Waals surface area contributed by atoms with Gasteiger partial charge in [-0.15, -0.1) is 0 Å². The van der Waals surface area contributed by atoms with Crippen LogP contribution in [0.2, 0.25) is 0 Å². The summed E-state index contributed by atoms with van der Waals surface area (Å²) in [6.45, 7) is 3.60. The second-order valence-corrected chi connectivity index (χ2v) is 12.0. The molecule has 5 aromatic rings. The second kappa shape index (κ2) is 14.2. The predicted octanol–water partition coefficient (Wildman–Crippen LogP) is 4.17. The van der Waals surface area contributed by atoms with Crippen molar-refractivity contribution in [3.63, 3.8) is 0 Å². The molecule has 0 saturated carbocycles. The van der Waals surface area contributed by atoms with Gasteiger partial charge in [0.15, 0.2) is 17.4 Å². The number of aromatic nitrogens is 4. The molecule has 1 amide bonds. The zero-order valence-electron chi connectivity index (χ0n) is 27.8. The van der Waals surface area contributed by atoms with E-state index in [2.05, 4.69) is 20.3 Å². The summed E-state index contributed by atoms with van der Waals surface area (Å²) >= 11 is 0. The van der Waals surface area contributed by atoms with E-state index in [1.807, 2.05) is 78.9 Å². The van der Waals surface area contributed by atoms with Gasteiger partial charge in [0.2, 0.25) is 11.9 Å². The quantitative estimate of drug-likeness (QED) is 0.176. The summed E-state index contributed by atoms with van der Waals surface area (Å²) in [5.41, 5.74) is 0.494. The number of aliphatic hydroxyl groups excluding tert-OH is 1. The maximum Gasteiger partial charge on any atom is 0.280 e. The Hall–Kier alpha value is -5.08. The second-order valence-electron chi connectivity index (χ2n) is 12.0. The van der Waals surface area contributed by atoms with Gasteiger partial charge in [-0.2, -0.15) is 4.98 Å². The lowest BCUT2D eigenvalue weighted by Gasteiger charge is -2.41. The van der Waals surface area contributed by atoms with Gasteiger partial charge in [0.05, 0.1) is 27.2 Å². The molecule has 1 fully saturated rings. The van der Waals surface area contributed by atoms with Gasteiger partial charge in [-0.05, 0) is 41.0 Å². The van der Waals surface area contributed by atoms with Crippen LogP contribution in [0.15, 0.2) is 90.0 Å². The third kappa shape index (κ3) is 6.41. The number of rotatable bonds is 12. The molecule has 0 bridgehead atoms. The number of carbonyl (C=O) groups is 1. The van der Waals surface area contributed by atoms with Crippen molar-refractivity contribution in [2.45, 2.75) is 50.6 Å². The van der Waals surface area contributed by atoms with Gasteiger partial charge in [-0.1, -0.05) is 68.4 Å². The van der Waals surface area contributed by atoms with Gasteiger partial charge in [0.1, 0.15) is 35.4 Å². The van der Waals surface area contributed by atoms with Crippen molar-refractivity contribution in [3.8, 4) is 11.5 Å². The molecule has 3 aromatic carbocycles. The number of anilines is 1. The molecule has 13 heteroatoms. The fourth-order valence-corrected chi connectivity index (χ4v) is 6.08. The number of ether oxygens (including phenoxy) is 5. The van der Waals surface area contributed by atoms with Gasteiger partial charge in [0.25, 0.3) is 5.56 Å². The van der Waals surface area contributed by atoms with Crippen molar-refractivity contribution < 1.29 is 33.6 Å². The number of aliphatic hydroxyl groups is 1. The van der Waals surface area contributed by atoms with Gasteiger partial charge in [0, 0.05) is 13.0 Å². The fourth-order valence-electron chi connectivity index (χ4n) is 6.08. The standard InChI is InChI=1S/C36H39N5O8/c1-21(2)32(43)39-35-38-31-27(33(44)40-35)37-20-41(31)34-29(47-5)28(42)30(49-34)36(23-9-7-6-8-10-23,24-13-17-26(46-4)18-14-24)48-19-22-11-15-25(45-3)16-12-22/h6-18,20-21,28-30,34,42H,19H2,1-5H3,(H2,38,39,40,43,44). The average Bonchev–Trinajstić information content (AvgIpc) is 3.70. The smallest absolute Gasteiger partial charge is 0.280 e. The molecule has 0 radical (unpaired) electrons. The van der Waals surface area contributed by atoms with Crippen molar-refractivity contribution in [3.05, 3.63) is 112 Å². The Morgan fingerprint density at radius 2 is 1.61 bits per heavy atom. The normalized spacial score (nSPS) is 20.3. The first-order valence-electron chi connectivity index (χ1n) is 15.8. The van der Waals surface area contributed by atoms with Crippen LogP contribution in [0, 0.1) is 5.92 Å². The first-order valence-corrected chi connectivity index (χ1v) is 15.8. The largest absolute Gasteiger partial charge is 0.497 e. The Labute approximate surface area is 282 Å². The van der Waals surface area contributed by atoms with Gasteiger partial charge >= 0.3 is 0 Å². The van der Waals surface area contributed by atoms with Crippen LogP contribution < -0.4 is 20.3 Å². The molecular formula is C36H39N5O8. The Morgan fingerprint density at radius 3 is 2.22 bits per heavy atom. The summed E-state index contributed by atoms with van der Waals surface area (Å²) in [6, 6.07) is 24.4. The van der Waals surface area contributed by atoms with E-state index in [1.165, 1.54) is 18.0 Å². The van der Waals surface area contributed by atoms with E-state index in [1.54, 1.807) is 28.1 Å². The van der Waals surface area contributed by atoms with E-state index in [9.17, 15) is 14.7 Å². The third-order valence-electron chi connectivity index (χ3n) is 8.71. The lowest BCUT2D eigenvalue weighted by atomic mass is 9.78. The molecule has 0 spiro atoms. The maximum atomic E-state index is 13.0. The van der Waals surface area contributed by atoms with Crippen molar-refractivity contribution in [1.82, 2.24) is 19.5 Å². The van der Waals surface area contributed by atoms with Crippen LogP contribution in [0.1, 0.15) is 36.8 Å². The van der Waals surface area contributed by atoms with Gasteiger partial charge in [-0.25, -0.2) is 4.98 Å². The molecule has 6 rings (SSSR count). The van der Waals surface area contributed by atoms with E-state index in [4.69, 9.17) is 23.7 Å². The highest BCUT2D eigenvalue weighted by atomic mass is 16.6. The van der Waals surface area contributed by atoms with Crippen molar-refractivity contribution in [2.24, 2.45) is 5.92 Å². The predicted molar refractivity (Wildman–Crippen MR) is 180 cm³/mol. The highest BCUT2D eigenvalue weighted by Crippen LogP contribution is 2.48. The van der Waals surface area contributed by atoms with Gasteiger partial charge < -0.3 is 28.8 Å². The van der Waals surface area contributed by atoms with E-state index in [0.29, 0.717) is 17.1 Å². The number of H-pyrrole nitrogens is 1. The molecule has 1 aliphatic heterocycles. The van der Waals surface area contributed by atoms with Crippen LogP contribution >= 0.6 is 0 Å². The van der Waals surface area contributed by atoms with Crippen molar-refractivity contribution in [1.29, 1.82) is 0 Å². The number of carbonyl (C=O) groups excluding carboxylic acids is 1. The Kier molecular flexibility index (Phi) is 9.79. The topological polar surface area (TPSA) is 159 Å². The monoisotopic (exact) mass is 669 g/mol. The molecule has 49 heavy (non-hydrogen) atoms. The number of methoxy groups -OCH3 is 3. The van der Waals surface area contributed by atoms with Crippen LogP contribution in [0.25, 0.3) is 11.2 Å². The zero-order chi connectivity index (χ0) is 34.7. The molecule has 5 unspecified atom stereocenters. The number of aromatic amines is 1. The highest BCUT2D eigenvalue weighted by molar-refractivity contribution is 5.91. The van der Waals surface area contributed by atoms with E-state index >= 15 is 0 Å². The number of hydrogen-bond donors (Lipinski definition) is 3. The molecule has 0 aliphatic carbocycles. The van der Waals surface area contributed by atoms with E-state index < -0.39 is 35.7 Å². The molecule has 3 heterocycles. The molecule has 13 nitrogen and oxygen atoms in total. The Bertz CT molecular complexity index is 1940. The maximum absolute atomic E-state index is 13.0. The number of imidazole rings is 1. The summed E-state index contributed by atoms with van der Waals surface area (Å²) < 4.78 is 32.0. The minimum atomic E-state index is -1.39. The molecular weight excluding hydrogens is 630 g/mol. The molecule has 256 valence electrons. The van der Waals surface area contributed by atoms with Crippen LogP contribution in [0.5, 0.6) is 11.5 Å². The van der Waals surface area contributed by atoms with E-state index in [-0.39, 0.29) is 35.5 Å². The minimum absolute atomic E-state index is 0.0270. The first kappa shape index (κ1) is 33.8. The van der Waals surface area contributed by atoms with E-state index in [0.717, 1.165) is 11.1 Å². The lowest BCUT2D eigenvalue weighted by molar-refractivity contribution is -0.160. The summed E-state index contributed by atoms with van der Waals surface area (Å²) in [4.78, 5) is 36.8. The molecule has 1 aliphatic rings. The van der Waals surface area contributed by atoms with Crippen LogP contribution in [0.4, 0.5) is 5.95 Å². The van der Waals surface area contributed by atoms with Crippen LogP contribution in [0.3, 0.4) is 0 Å². The average molecular weight is 670 g/mol. The molecule has 2 aromatic heterocycles. The molecule has 1 saturated heterocycles. The summed E-state index contributed by atoms with van der Waals surface area (Å²) in [5, 5.41) is 14.8. The number of nitrogens with one attached hydrogen (secondary N) is 2.